The molecule has 0 aromatic carbocycles. The van der Waals surface area contributed by atoms with Gasteiger partial charge in [0.05, 0.1) is 24.6 Å². The predicted molar refractivity (Wildman–Crippen MR) is 83.1 cm³/mol. The summed E-state index contributed by atoms with van der Waals surface area (Å²) < 4.78 is 9.29. The third-order valence-corrected chi connectivity index (χ3v) is 3.95. The van der Waals surface area contributed by atoms with Gasteiger partial charge in [-0.15, -0.1) is 5.10 Å². The molecule has 0 aliphatic heterocycles. The predicted octanol–water partition coefficient (Wildman–Crippen LogP) is 1.15. The van der Waals surface area contributed by atoms with Gasteiger partial charge in [0.2, 0.25) is 0 Å². The van der Waals surface area contributed by atoms with Gasteiger partial charge in [0.15, 0.2) is 11.6 Å². The zero-order valence-corrected chi connectivity index (χ0v) is 13.3. The summed E-state index contributed by atoms with van der Waals surface area (Å²) in [7, 11) is 1.72. The average molecular weight is 319 g/mol. The van der Waals surface area contributed by atoms with Crippen molar-refractivity contribution in [1.29, 1.82) is 0 Å². The molecular formula is C14H21N7O2. The van der Waals surface area contributed by atoms with Crippen molar-refractivity contribution in [2.75, 3.05) is 5.32 Å². The lowest BCUT2D eigenvalue weighted by atomic mass is 10.2. The normalized spacial score (nSPS) is 20.4. The monoisotopic (exact) mass is 319 g/mol. The van der Waals surface area contributed by atoms with Crippen LogP contribution in [0.15, 0.2) is 18.6 Å². The van der Waals surface area contributed by atoms with E-state index < -0.39 is 0 Å². The maximum absolute atomic E-state index is 12.1. The molecule has 2 heterocycles. The number of aromatic nitrogens is 5. The largest absolute Gasteiger partial charge is 0.485 e. The number of aryl methyl sites for hydroxylation is 2. The number of nitrogens with zero attached hydrogens (tertiary/aromatic N) is 5. The van der Waals surface area contributed by atoms with Crippen LogP contribution < -0.4 is 15.4 Å². The van der Waals surface area contributed by atoms with Crippen LogP contribution in [-0.4, -0.2) is 43.0 Å². The highest BCUT2D eigenvalue weighted by Crippen LogP contribution is 2.24. The number of nitrogens with one attached hydrogen (secondary N) is 2. The number of rotatable bonds is 5. The van der Waals surface area contributed by atoms with E-state index in [0.717, 1.165) is 31.6 Å². The Hall–Kier alpha value is -2.58. The van der Waals surface area contributed by atoms with Gasteiger partial charge in [-0.2, -0.15) is 5.10 Å². The summed E-state index contributed by atoms with van der Waals surface area (Å²) in [5.74, 6) is 1.28. The van der Waals surface area contributed by atoms with E-state index in [1.54, 1.807) is 13.2 Å². The minimum atomic E-state index is -0.278. The lowest BCUT2D eigenvalue weighted by Crippen LogP contribution is -2.44. The summed E-state index contributed by atoms with van der Waals surface area (Å²) in [6, 6.07) is -0.304. The molecule has 2 amide bonds. The summed E-state index contributed by atoms with van der Waals surface area (Å²) in [5.41, 5.74) is 0. The van der Waals surface area contributed by atoms with E-state index in [0.29, 0.717) is 5.82 Å². The van der Waals surface area contributed by atoms with E-state index in [9.17, 15) is 4.79 Å². The van der Waals surface area contributed by atoms with Crippen molar-refractivity contribution in [2.24, 2.45) is 7.05 Å². The van der Waals surface area contributed by atoms with Gasteiger partial charge in [-0.05, 0) is 26.2 Å². The van der Waals surface area contributed by atoms with Gasteiger partial charge in [0.25, 0.3) is 0 Å². The van der Waals surface area contributed by atoms with Crippen LogP contribution >= 0.6 is 0 Å². The summed E-state index contributed by atoms with van der Waals surface area (Å²) >= 11 is 0. The van der Waals surface area contributed by atoms with Crippen molar-refractivity contribution >= 4 is 11.8 Å². The van der Waals surface area contributed by atoms with Gasteiger partial charge in [0.1, 0.15) is 6.10 Å². The van der Waals surface area contributed by atoms with Crippen LogP contribution in [0.1, 0.15) is 26.2 Å². The maximum atomic E-state index is 12.1. The molecule has 0 spiro atoms. The van der Waals surface area contributed by atoms with Gasteiger partial charge >= 0.3 is 6.03 Å². The molecule has 1 saturated carbocycles. The molecule has 2 aromatic heterocycles. The summed E-state index contributed by atoms with van der Waals surface area (Å²) in [6.45, 7) is 2.82. The number of ether oxygens (including phenoxy) is 1. The lowest BCUT2D eigenvalue weighted by molar-refractivity contribution is 0.175. The molecule has 0 unspecified atom stereocenters. The van der Waals surface area contributed by atoms with Crippen LogP contribution in [0.25, 0.3) is 0 Å². The van der Waals surface area contributed by atoms with Crippen LogP contribution in [0.2, 0.25) is 0 Å². The number of carbonyl (C=O) groups is 1. The third kappa shape index (κ3) is 3.61. The van der Waals surface area contributed by atoms with E-state index in [2.05, 4.69) is 26.0 Å². The lowest BCUT2D eigenvalue weighted by Gasteiger charge is -2.21. The molecule has 23 heavy (non-hydrogen) atoms. The van der Waals surface area contributed by atoms with Crippen molar-refractivity contribution in [3.63, 3.8) is 0 Å². The molecule has 9 nitrogen and oxygen atoms in total. The maximum Gasteiger partial charge on any atom is 0.320 e. The fourth-order valence-corrected chi connectivity index (χ4v) is 2.71. The molecule has 1 aliphatic rings. The Labute approximate surface area is 134 Å². The molecule has 3 rings (SSSR count). The Morgan fingerprint density at radius 1 is 1.43 bits per heavy atom. The molecule has 1 aliphatic carbocycles. The minimum Gasteiger partial charge on any atom is -0.485 e. The topological polar surface area (TPSA) is 98.9 Å². The summed E-state index contributed by atoms with van der Waals surface area (Å²) in [6.07, 6.45) is 7.86. The fourth-order valence-electron chi connectivity index (χ4n) is 2.71. The van der Waals surface area contributed by atoms with E-state index in [4.69, 9.17) is 4.74 Å². The molecule has 0 radical (unpaired) electrons. The number of amides is 2. The molecule has 2 N–H and O–H groups in total. The summed E-state index contributed by atoms with van der Waals surface area (Å²) in [4.78, 5) is 12.1. The second-order valence-electron chi connectivity index (χ2n) is 5.57. The van der Waals surface area contributed by atoms with Crippen LogP contribution in [0.5, 0.6) is 5.75 Å². The first-order valence-electron chi connectivity index (χ1n) is 7.77. The molecule has 124 valence electrons. The zero-order chi connectivity index (χ0) is 16.2. The Balaban J connectivity index is 1.56. The Kier molecular flexibility index (Phi) is 4.45. The number of anilines is 1. The first kappa shape index (κ1) is 15.3. The SMILES string of the molecule is CCn1cc(O[C@@H]2CCC[C@@H]2NC(=O)Nc2cnnn2C)cn1. The second kappa shape index (κ2) is 6.67. The number of carbonyl (C=O) groups excluding carboxylic acids is 1. The fraction of sp³-hybridized carbons (Fsp3) is 0.571. The second-order valence-corrected chi connectivity index (χ2v) is 5.57. The van der Waals surface area contributed by atoms with Crippen molar-refractivity contribution in [1.82, 2.24) is 30.1 Å². The first-order valence-corrected chi connectivity index (χ1v) is 7.77. The van der Waals surface area contributed by atoms with Gasteiger partial charge < -0.3 is 10.1 Å². The van der Waals surface area contributed by atoms with Crippen molar-refractivity contribution in [3.8, 4) is 5.75 Å². The van der Waals surface area contributed by atoms with Crippen LogP contribution in [-0.2, 0) is 13.6 Å². The molecule has 1 fully saturated rings. The highest BCUT2D eigenvalue weighted by atomic mass is 16.5. The number of hydrogen-bond donors (Lipinski definition) is 2. The minimum absolute atomic E-state index is 0.0267. The summed E-state index contributed by atoms with van der Waals surface area (Å²) in [5, 5.41) is 17.4. The Bertz CT molecular complexity index is 666. The molecule has 9 heteroatoms. The van der Waals surface area contributed by atoms with E-state index in [-0.39, 0.29) is 18.2 Å². The van der Waals surface area contributed by atoms with Crippen LogP contribution in [0, 0.1) is 0 Å². The zero-order valence-electron chi connectivity index (χ0n) is 13.3. The van der Waals surface area contributed by atoms with Crippen molar-refractivity contribution < 1.29 is 9.53 Å². The van der Waals surface area contributed by atoms with Crippen LogP contribution in [0.3, 0.4) is 0 Å². The Morgan fingerprint density at radius 3 is 3.00 bits per heavy atom. The number of hydrogen-bond acceptors (Lipinski definition) is 5. The van der Waals surface area contributed by atoms with Crippen molar-refractivity contribution in [2.45, 2.75) is 44.9 Å². The molecular weight excluding hydrogens is 298 g/mol. The molecule has 2 atom stereocenters. The standard InChI is InChI=1S/C14H21N7O2/c1-3-21-9-10(7-16-21)23-12-6-4-5-11(12)17-14(22)18-13-8-15-19-20(13)2/h7-9,11-12H,3-6H2,1-2H3,(H2,17,18,22)/t11-,12+/m0/s1. The van der Waals surface area contributed by atoms with Crippen LogP contribution in [0.4, 0.5) is 10.6 Å². The van der Waals surface area contributed by atoms with E-state index in [1.807, 2.05) is 17.8 Å². The van der Waals surface area contributed by atoms with Gasteiger partial charge in [0, 0.05) is 13.6 Å². The Morgan fingerprint density at radius 2 is 2.30 bits per heavy atom. The average Bonchev–Trinajstić information content (AvgIpc) is 3.24. The smallest absolute Gasteiger partial charge is 0.320 e. The highest BCUT2D eigenvalue weighted by molar-refractivity contribution is 5.88. The highest BCUT2D eigenvalue weighted by Gasteiger charge is 2.30. The van der Waals surface area contributed by atoms with E-state index in [1.165, 1.54) is 10.9 Å². The quantitative estimate of drug-likeness (QED) is 0.861. The molecule has 0 bridgehead atoms. The first-order chi connectivity index (χ1) is 11.2. The van der Waals surface area contributed by atoms with Gasteiger partial charge in [-0.3, -0.25) is 10.00 Å². The third-order valence-electron chi connectivity index (χ3n) is 3.95. The molecule has 2 aromatic rings. The van der Waals surface area contributed by atoms with E-state index >= 15 is 0 Å². The molecule has 0 saturated heterocycles. The van der Waals surface area contributed by atoms with Gasteiger partial charge in [-0.25, -0.2) is 9.48 Å². The van der Waals surface area contributed by atoms with Gasteiger partial charge in [-0.1, -0.05) is 5.21 Å². The van der Waals surface area contributed by atoms with Crippen molar-refractivity contribution in [3.05, 3.63) is 18.6 Å². The number of urea groups is 1.